The molecule has 1 aromatic rings. The van der Waals surface area contributed by atoms with Gasteiger partial charge in [-0.15, -0.1) is 0 Å². The number of aryl methyl sites for hydroxylation is 1. The summed E-state index contributed by atoms with van der Waals surface area (Å²) in [5.74, 6) is 0.411. The second kappa shape index (κ2) is 6.99. The Balaban J connectivity index is 2.59. The summed E-state index contributed by atoms with van der Waals surface area (Å²) >= 11 is 0. The molecule has 0 unspecified atom stereocenters. The molecule has 0 aromatic carbocycles. The third kappa shape index (κ3) is 4.57. The van der Waals surface area contributed by atoms with Crippen LogP contribution in [-0.2, 0) is 21.4 Å². The Kier molecular flexibility index (Phi) is 5.92. The zero-order chi connectivity index (χ0) is 14.5. The zero-order valence-corrected chi connectivity index (χ0v) is 12.2. The van der Waals surface area contributed by atoms with Gasteiger partial charge in [0.05, 0.1) is 18.9 Å². The van der Waals surface area contributed by atoms with Crippen LogP contribution in [0.1, 0.15) is 25.2 Å². The van der Waals surface area contributed by atoms with Crippen LogP contribution in [-0.4, -0.2) is 43.5 Å². The smallest absolute Gasteiger partial charge is 0.244 e. The molecule has 0 aliphatic heterocycles. The predicted octanol–water partition coefficient (Wildman–Crippen LogP) is 0.161. The maximum Gasteiger partial charge on any atom is 0.244 e. The fraction of sp³-hybridized carbons (Fsp3) is 0.727. The highest BCUT2D eigenvalue weighted by Crippen LogP contribution is 2.16. The van der Waals surface area contributed by atoms with Gasteiger partial charge in [0.15, 0.2) is 0 Å². The number of ether oxygens (including phenoxy) is 1. The molecule has 0 spiro atoms. The monoisotopic (exact) mass is 291 g/mol. The van der Waals surface area contributed by atoms with Gasteiger partial charge in [-0.05, 0) is 12.8 Å². The molecule has 1 aromatic heterocycles. The molecule has 19 heavy (non-hydrogen) atoms. The zero-order valence-electron chi connectivity index (χ0n) is 11.4. The van der Waals surface area contributed by atoms with E-state index in [0.29, 0.717) is 24.8 Å². The van der Waals surface area contributed by atoms with Gasteiger partial charge in [0, 0.05) is 13.2 Å². The highest BCUT2D eigenvalue weighted by Gasteiger charge is 2.23. The summed E-state index contributed by atoms with van der Waals surface area (Å²) in [4.78, 5) is 0.0128. The lowest BCUT2D eigenvalue weighted by Gasteiger charge is -2.09. The first-order valence-electron chi connectivity index (χ1n) is 6.10. The molecule has 1 rings (SSSR count). The number of aliphatic hydroxyl groups is 1. The van der Waals surface area contributed by atoms with Crippen molar-refractivity contribution in [1.29, 1.82) is 0 Å². The van der Waals surface area contributed by atoms with Crippen molar-refractivity contribution in [2.24, 2.45) is 5.92 Å². The van der Waals surface area contributed by atoms with Gasteiger partial charge in [-0.2, -0.15) is 5.10 Å². The number of hydrogen-bond acceptors (Lipinski definition) is 5. The Hall–Kier alpha value is -0.960. The van der Waals surface area contributed by atoms with Gasteiger partial charge >= 0.3 is 0 Å². The first kappa shape index (κ1) is 16.1. The highest BCUT2D eigenvalue weighted by molar-refractivity contribution is 7.89. The lowest BCUT2D eigenvalue weighted by atomic mass is 10.2. The minimum absolute atomic E-state index is 0.0128. The molecule has 7 nitrogen and oxygen atoms in total. The molecule has 0 aliphatic carbocycles. The van der Waals surface area contributed by atoms with E-state index in [9.17, 15) is 8.42 Å². The second-order valence-electron chi connectivity index (χ2n) is 4.65. The largest absolute Gasteiger partial charge is 0.390 e. The third-order valence-corrected chi connectivity index (χ3v) is 4.03. The first-order chi connectivity index (χ1) is 8.88. The van der Waals surface area contributed by atoms with Crippen molar-refractivity contribution in [3.8, 4) is 0 Å². The molecule has 0 fully saturated rings. The molecular weight excluding hydrogens is 270 g/mol. The van der Waals surface area contributed by atoms with Gasteiger partial charge in [-0.1, -0.05) is 13.8 Å². The topological polar surface area (TPSA) is 104 Å². The number of sulfonamides is 1. The minimum Gasteiger partial charge on any atom is -0.390 e. The molecular formula is C11H21N3O4S. The number of aromatic amines is 1. The Morgan fingerprint density at radius 3 is 2.74 bits per heavy atom. The summed E-state index contributed by atoms with van der Waals surface area (Å²) in [6.07, 6.45) is 0. The van der Waals surface area contributed by atoms with E-state index in [1.54, 1.807) is 6.92 Å². The van der Waals surface area contributed by atoms with E-state index in [4.69, 9.17) is 9.84 Å². The fourth-order valence-electron chi connectivity index (χ4n) is 1.57. The molecule has 0 atom stereocenters. The summed E-state index contributed by atoms with van der Waals surface area (Å²) in [5.41, 5.74) is 0.521. The van der Waals surface area contributed by atoms with E-state index in [2.05, 4.69) is 14.9 Å². The average molecular weight is 291 g/mol. The molecule has 110 valence electrons. The number of nitrogens with one attached hydrogen (secondary N) is 2. The van der Waals surface area contributed by atoms with Crippen LogP contribution in [0.3, 0.4) is 0 Å². The lowest BCUT2D eigenvalue weighted by Crippen LogP contribution is -2.28. The molecule has 8 heteroatoms. The molecule has 0 radical (unpaired) electrons. The van der Waals surface area contributed by atoms with E-state index in [0.717, 1.165) is 0 Å². The lowest BCUT2D eigenvalue weighted by molar-refractivity contribution is 0.114. The predicted molar refractivity (Wildman–Crippen MR) is 70.1 cm³/mol. The van der Waals surface area contributed by atoms with Crippen molar-refractivity contribution in [3.05, 3.63) is 11.4 Å². The Morgan fingerprint density at radius 1 is 1.47 bits per heavy atom. The van der Waals surface area contributed by atoms with Crippen LogP contribution in [0.2, 0.25) is 0 Å². The van der Waals surface area contributed by atoms with Gasteiger partial charge in [-0.3, -0.25) is 5.10 Å². The van der Waals surface area contributed by atoms with Crippen LogP contribution in [0.5, 0.6) is 0 Å². The maximum absolute atomic E-state index is 12.1. The van der Waals surface area contributed by atoms with Crippen LogP contribution < -0.4 is 4.72 Å². The van der Waals surface area contributed by atoms with Gasteiger partial charge in [0.2, 0.25) is 10.0 Å². The summed E-state index contributed by atoms with van der Waals surface area (Å²) in [5, 5.41) is 15.4. The molecule has 1 heterocycles. The number of rotatable bonds is 8. The Labute approximate surface area is 113 Å². The summed E-state index contributed by atoms with van der Waals surface area (Å²) < 4.78 is 31.8. The van der Waals surface area contributed by atoms with Crippen molar-refractivity contribution >= 4 is 10.0 Å². The molecule has 0 amide bonds. The molecule has 0 bridgehead atoms. The van der Waals surface area contributed by atoms with Crippen LogP contribution in [0.4, 0.5) is 0 Å². The second-order valence-corrected chi connectivity index (χ2v) is 6.35. The first-order valence-corrected chi connectivity index (χ1v) is 7.59. The fourth-order valence-corrected chi connectivity index (χ4v) is 2.94. The minimum atomic E-state index is -3.67. The van der Waals surface area contributed by atoms with E-state index >= 15 is 0 Å². The molecule has 3 N–H and O–H groups in total. The van der Waals surface area contributed by atoms with Gasteiger partial charge in [0.25, 0.3) is 0 Å². The van der Waals surface area contributed by atoms with E-state index in [-0.39, 0.29) is 17.1 Å². The standard InChI is InChI=1S/C11H21N3O4S/c1-8(2)7-18-5-4-12-19(16,17)11-9(3)13-14-10(11)6-15/h8,12,15H,4-7H2,1-3H3,(H,13,14). The van der Waals surface area contributed by atoms with Crippen molar-refractivity contribution in [2.45, 2.75) is 32.3 Å². The maximum atomic E-state index is 12.1. The van der Waals surface area contributed by atoms with Gasteiger partial charge in [-0.25, -0.2) is 13.1 Å². The molecule has 0 aliphatic rings. The van der Waals surface area contributed by atoms with Crippen LogP contribution in [0, 0.1) is 12.8 Å². The van der Waals surface area contributed by atoms with Crippen LogP contribution in [0.15, 0.2) is 4.90 Å². The van der Waals surface area contributed by atoms with E-state index < -0.39 is 16.6 Å². The summed E-state index contributed by atoms with van der Waals surface area (Å²) in [6, 6.07) is 0. The Morgan fingerprint density at radius 2 is 2.16 bits per heavy atom. The number of H-pyrrole nitrogens is 1. The quantitative estimate of drug-likeness (QED) is 0.592. The van der Waals surface area contributed by atoms with Crippen molar-refractivity contribution in [3.63, 3.8) is 0 Å². The van der Waals surface area contributed by atoms with E-state index in [1.807, 2.05) is 13.8 Å². The number of nitrogens with zero attached hydrogens (tertiary/aromatic N) is 1. The summed E-state index contributed by atoms with van der Waals surface area (Å²) in [6.45, 7) is 6.29. The summed E-state index contributed by atoms with van der Waals surface area (Å²) in [7, 11) is -3.67. The average Bonchev–Trinajstić information content (AvgIpc) is 2.70. The SMILES string of the molecule is Cc1[nH]nc(CO)c1S(=O)(=O)NCCOCC(C)C. The van der Waals surface area contributed by atoms with Crippen LogP contribution in [0.25, 0.3) is 0 Å². The van der Waals surface area contributed by atoms with E-state index in [1.165, 1.54) is 0 Å². The van der Waals surface area contributed by atoms with Crippen LogP contribution >= 0.6 is 0 Å². The Bertz CT molecular complexity index is 496. The van der Waals surface area contributed by atoms with Crippen molar-refractivity contribution in [1.82, 2.24) is 14.9 Å². The highest BCUT2D eigenvalue weighted by atomic mass is 32.2. The number of aromatic nitrogens is 2. The third-order valence-electron chi connectivity index (χ3n) is 2.37. The number of hydrogen-bond donors (Lipinski definition) is 3. The normalized spacial score (nSPS) is 12.3. The number of aliphatic hydroxyl groups excluding tert-OH is 1. The van der Waals surface area contributed by atoms with Crippen molar-refractivity contribution in [2.75, 3.05) is 19.8 Å². The van der Waals surface area contributed by atoms with Gasteiger partial charge < -0.3 is 9.84 Å². The van der Waals surface area contributed by atoms with Crippen molar-refractivity contribution < 1.29 is 18.3 Å². The molecule has 0 saturated heterocycles. The van der Waals surface area contributed by atoms with Gasteiger partial charge in [0.1, 0.15) is 10.6 Å². The molecule has 0 saturated carbocycles.